The van der Waals surface area contributed by atoms with E-state index in [9.17, 15) is 9.59 Å². The molecule has 0 bridgehead atoms. The summed E-state index contributed by atoms with van der Waals surface area (Å²) >= 11 is 1.57. The molecular formula is C20H20N4O3S. The Balaban J connectivity index is 1.62. The van der Waals surface area contributed by atoms with E-state index in [0.29, 0.717) is 30.2 Å². The molecule has 0 saturated carbocycles. The van der Waals surface area contributed by atoms with Gasteiger partial charge in [0.25, 0.3) is 5.56 Å². The van der Waals surface area contributed by atoms with Crippen LogP contribution in [0.15, 0.2) is 52.1 Å². The molecule has 0 atom stereocenters. The van der Waals surface area contributed by atoms with Crippen molar-refractivity contribution in [2.24, 2.45) is 21.1 Å². The highest BCUT2D eigenvalue weighted by molar-refractivity contribution is 7.15. The Bertz CT molecular complexity index is 1260. The zero-order valence-corrected chi connectivity index (χ0v) is 16.7. The number of benzene rings is 1. The summed E-state index contributed by atoms with van der Waals surface area (Å²) in [6.07, 6.45) is 0. The first-order valence-electron chi connectivity index (χ1n) is 8.80. The SMILES string of the molecule is Cn1c(=O)c2c(nc(-c3ccc(COCc4ccccc4)s3)n2C)n(C)c1=O. The summed E-state index contributed by atoms with van der Waals surface area (Å²) < 4.78 is 10.0. The van der Waals surface area contributed by atoms with Gasteiger partial charge in [-0.1, -0.05) is 30.3 Å². The summed E-state index contributed by atoms with van der Waals surface area (Å²) in [4.78, 5) is 31.2. The van der Waals surface area contributed by atoms with E-state index in [4.69, 9.17) is 4.74 Å². The van der Waals surface area contributed by atoms with E-state index in [1.165, 1.54) is 11.6 Å². The fourth-order valence-corrected chi connectivity index (χ4v) is 4.13. The van der Waals surface area contributed by atoms with Crippen LogP contribution in [0.4, 0.5) is 0 Å². The average molecular weight is 396 g/mol. The third kappa shape index (κ3) is 3.10. The molecule has 0 radical (unpaired) electrons. The number of fused-ring (bicyclic) bond motifs is 1. The van der Waals surface area contributed by atoms with Crippen LogP contribution in [0.1, 0.15) is 10.4 Å². The summed E-state index contributed by atoms with van der Waals surface area (Å²) in [5.74, 6) is 0.660. The molecule has 0 aliphatic rings. The van der Waals surface area contributed by atoms with Gasteiger partial charge in [0.15, 0.2) is 17.0 Å². The number of hydrogen-bond acceptors (Lipinski definition) is 5. The second kappa shape index (κ2) is 7.21. The Morgan fingerprint density at radius 3 is 2.43 bits per heavy atom. The highest BCUT2D eigenvalue weighted by Gasteiger charge is 2.18. The maximum atomic E-state index is 12.5. The van der Waals surface area contributed by atoms with Gasteiger partial charge < -0.3 is 9.30 Å². The number of ether oxygens (including phenoxy) is 1. The molecule has 3 heterocycles. The van der Waals surface area contributed by atoms with Crippen molar-refractivity contribution in [3.05, 3.63) is 73.7 Å². The van der Waals surface area contributed by atoms with Crippen molar-refractivity contribution in [1.82, 2.24) is 18.7 Å². The molecule has 144 valence electrons. The Kier molecular flexibility index (Phi) is 4.74. The largest absolute Gasteiger partial charge is 0.371 e. The van der Waals surface area contributed by atoms with E-state index in [1.54, 1.807) is 30.0 Å². The van der Waals surface area contributed by atoms with Gasteiger partial charge in [0.2, 0.25) is 0 Å². The third-order valence-electron chi connectivity index (χ3n) is 4.71. The fraction of sp³-hybridized carbons (Fsp3) is 0.250. The summed E-state index contributed by atoms with van der Waals surface area (Å²) in [6, 6.07) is 14.0. The minimum absolute atomic E-state index is 0.345. The molecule has 1 aromatic carbocycles. The number of aryl methyl sites for hydroxylation is 2. The predicted molar refractivity (Wildman–Crippen MR) is 109 cm³/mol. The predicted octanol–water partition coefficient (Wildman–Crippen LogP) is 2.42. The molecule has 0 N–H and O–H groups in total. The molecule has 0 unspecified atom stereocenters. The topological polar surface area (TPSA) is 71.1 Å². The Labute approximate surface area is 165 Å². The van der Waals surface area contributed by atoms with E-state index in [-0.39, 0.29) is 11.2 Å². The van der Waals surface area contributed by atoms with Crippen LogP contribution >= 0.6 is 11.3 Å². The second-order valence-corrected chi connectivity index (χ2v) is 7.79. The van der Waals surface area contributed by atoms with Crippen LogP contribution in [0, 0.1) is 0 Å². The first-order valence-corrected chi connectivity index (χ1v) is 9.62. The maximum absolute atomic E-state index is 12.5. The van der Waals surface area contributed by atoms with Gasteiger partial charge in [0.1, 0.15) is 0 Å². The van der Waals surface area contributed by atoms with Crippen molar-refractivity contribution < 1.29 is 4.74 Å². The lowest BCUT2D eigenvalue weighted by Crippen LogP contribution is -2.37. The van der Waals surface area contributed by atoms with E-state index in [1.807, 2.05) is 42.5 Å². The fourth-order valence-electron chi connectivity index (χ4n) is 3.16. The molecule has 28 heavy (non-hydrogen) atoms. The van der Waals surface area contributed by atoms with Crippen LogP contribution in [-0.2, 0) is 39.1 Å². The molecule has 4 aromatic rings. The van der Waals surface area contributed by atoms with Gasteiger partial charge in [0, 0.05) is 26.0 Å². The smallest absolute Gasteiger partial charge is 0.332 e. The second-order valence-electron chi connectivity index (χ2n) is 6.62. The molecule has 0 spiro atoms. The van der Waals surface area contributed by atoms with Crippen LogP contribution in [0.2, 0.25) is 0 Å². The summed E-state index contributed by atoms with van der Waals surface area (Å²) in [6.45, 7) is 1.06. The molecule has 0 aliphatic carbocycles. The van der Waals surface area contributed by atoms with E-state index < -0.39 is 0 Å². The first-order chi connectivity index (χ1) is 13.5. The van der Waals surface area contributed by atoms with Gasteiger partial charge in [-0.25, -0.2) is 9.78 Å². The van der Waals surface area contributed by atoms with Gasteiger partial charge in [-0.05, 0) is 17.7 Å². The molecule has 0 saturated heterocycles. The van der Waals surface area contributed by atoms with Crippen molar-refractivity contribution >= 4 is 22.5 Å². The quantitative estimate of drug-likeness (QED) is 0.519. The lowest BCUT2D eigenvalue weighted by molar-refractivity contribution is 0.109. The van der Waals surface area contributed by atoms with Crippen molar-refractivity contribution in [3.63, 3.8) is 0 Å². The highest BCUT2D eigenvalue weighted by atomic mass is 32.1. The highest BCUT2D eigenvalue weighted by Crippen LogP contribution is 2.29. The normalized spacial score (nSPS) is 11.4. The van der Waals surface area contributed by atoms with Crippen LogP contribution < -0.4 is 11.2 Å². The number of imidazole rings is 1. The van der Waals surface area contributed by atoms with Gasteiger partial charge in [-0.15, -0.1) is 11.3 Å². The molecule has 0 fully saturated rings. The summed E-state index contributed by atoms with van der Waals surface area (Å²) in [7, 11) is 4.89. The molecular weight excluding hydrogens is 376 g/mol. The van der Waals surface area contributed by atoms with Crippen molar-refractivity contribution in [1.29, 1.82) is 0 Å². The molecule has 7 nitrogen and oxygen atoms in total. The maximum Gasteiger partial charge on any atom is 0.332 e. The van der Waals surface area contributed by atoms with Crippen LogP contribution in [0.25, 0.3) is 21.9 Å². The van der Waals surface area contributed by atoms with Crippen LogP contribution in [0.5, 0.6) is 0 Å². The number of rotatable bonds is 5. The van der Waals surface area contributed by atoms with Crippen molar-refractivity contribution in [3.8, 4) is 10.7 Å². The molecule has 0 amide bonds. The average Bonchev–Trinajstić information content (AvgIpc) is 3.30. The van der Waals surface area contributed by atoms with Crippen molar-refractivity contribution in [2.75, 3.05) is 0 Å². The van der Waals surface area contributed by atoms with Crippen LogP contribution in [0.3, 0.4) is 0 Å². The molecule has 8 heteroatoms. The third-order valence-corrected chi connectivity index (χ3v) is 5.77. The molecule has 0 aliphatic heterocycles. The van der Waals surface area contributed by atoms with Crippen LogP contribution in [-0.4, -0.2) is 18.7 Å². The van der Waals surface area contributed by atoms with Gasteiger partial charge in [-0.2, -0.15) is 0 Å². The van der Waals surface area contributed by atoms with E-state index >= 15 is 0 Å². The zero-order chi connectivity index (χ0) is 19.8. The summed E-state index contributed by atoms with van der Waals surface area (Å²) in [5, 5.41) is 0. The Hall–Kier alpha value is -2.97. The first kappa shape index (κ1) is 18.4. The lowest BCUT2D eigenvalue weighted by Gasteiger charge is -2.03. The minimum atomic E-state index is -0.386. The van der Waals surface area contributed by atoms with Gasteiger partial charge in [-0.3, -0.25) is 13.9 Å². The van der Waals surface area contributed by atoms with Crippen molar-refractivity contribution in [2.45, 2.75) is 13.2 Å². The monoisotopic (exact) mass is 396 g/mol. The number of hydrogen-bond donors (Lipinski definition) is 0. The van der Waals surface area contributed by atoms with Gasteiger partial charge in [0.05, 0.1) is 18.1 Å². The summed E-state index contributed by atoms with van der Waals surface area (Å²) in [5.41, 5.74) is 1.20. The zero-order valence-electron chi connectivity index (χ0n) is 15.9. The standard InChI is InChI=1S/C20H20N4O3S/c1-22-16-18(23(2)20(26)24(3)19(16)25)21-17(22)15-10-9-14(28-15)12-27-11-13-7-5-4-6-8-13/h4-10H,11-12H2,1-3H3. The molecule has 3 aromatic heterocycles. The number of aromatic nitrogens is 4. The Morgan fingerprint density at radius 1 is 0.929 bits per heavy atom. The van der Waals surface area contributed by atoms with E-state index in [0.717, 1.165) is 19.9 Å². The van der Waals surface area contributed by atoms with E-state index in [2.05, 4.69) is 4.98 Å². The minimum Gasteiger partial charge on any atom is -0.371 e. The number of nitrogens with zero attached hydrogens (tertiary/aromatic N) is 4. The molecule has 4 rings (SSSR count). The lowest BCUT2D eigenvalue weighted by atomic mass is 10.2. The van der Waals surface area contributed by atoms with Gasteiger partial charge >= 0.3 is 5.69 Å². The number of thiophene rings is 1. The Morgan fingerprint density at radius 2 is 1.68 bits per heavy atom.